The van der Waals surface area contributed by atoms with Gasteiger partial charge in [-0.2, -0.15) is 5.11 Å². The van der Waals surface area contributed by atoms with Crippen molar-refractivity contribution in [3.05, 3.63) is 124 Å². The summed E-state index contributed by atoms with van der Waals surface area (Å²) in [5, 5.41) is 92.4. The van der Waals surface area contributed by atoms with Gasteiger partial charge < -0.3 is 56.6 Å². The molecule has 0 aliphatic carbocycles. The number of carbonyl (C=O) groups excluding carboxylic acids is 5. The van der Waals surface area contributed by atoms with E-state index in [0.717, 1.165) is 0 Å². The first-order valence-electron chi connectivity index (χ1n) is 26.1. The van der Waals surface area contributed by atoms with Crippen molar-refractivity contribution in [2.45, 2.75) is 71.2 Å². The van der Waals surface area contributed by atoms with Crippen molar-refractivity contribution < 1.29 is 59.3 Å². The second kappa shape index (κ2) is 26.9. The van der Waals surface area contributed by atoms with Crippen LogP contribution in [0.2, 0.25) is 15.1 Å². The number of azo groups is 2. The third-order valence-electron chi connectivity index (χ3n) is 13.6. The monoisotopic (exact) mass is 1290 g/mol. The zero-order valence-corrected chi connectivity index (χ0v) is 50.4. The van der Waals surface area contributed by atoms with Crippen molar-refractivity contribution in [2.24, 2.45) is 31.3 Å². The standard InChI is InChI=1S/C24H24ClN5O5.C22H22ClN3O5.C14H9ClN2O2.BrH/c1-12(27-24(35)17-9-4-10-30(17)18(31)11-26)23(34)29-28-16-8-3-6-14-20(16)22(33)13-5-2-7-15(25)19(13)21(14)32;1-11(24-21(30)31-22(2,3)4)20(29)26-25-15-10-6-8-13-17(15)19(28)12-7-5-9-14(23)16(12)18(13)27;15-9-5-1-3-7-11(9)13(18)8-4-2-6-10(17-16)12(8)14(7)19;/h2-3,5-8,12,17,32-33H,4,9-11,26H2,1H3,(H,27,35);5-11,27-28H,1-4H3,(H,24,30);1-6,16,18-19H;1H/t12-,17-;11-;;/m00../s1. The van der Waals surface area contributed by atoms with Crippen LogP contribution < -0.4 is 16.4 Å². The van der Waals surface area contributed by atoms with E-state index in [1.807, 2.05) is 0 Å². The minimum atomic E-state index is -1.00. The highest BCUT2D eigenvalue weighted by Crippen LogP contribution is 2.50. The predicted octanol–water partition coefficient (Wildman–Crippen LogP) is 14.0. The third kappa shape index (κ3) is 13.3. The van der Waals surface area contributed by atoms with Crippen LogP contribution in [0.25, 0.3) is 64.6 Å². The number of amides is 5. The van der Waals surface area contributed by atoms with Gasteiger partial charge in [0.2, 0.25) is 11.8 Å². The van der Waals surface area contributed by atoms with E-state index in [4.69, 9.17) is 50.8 Å². The molecule has 0 saturated carbocycles. The lowest BCUT2D eigenvalue weighted by atomic mass is 9.99. The molecule has 1 saturated heterocycles. The van der Waals surface area contributed by atoms with E-state index in [1.165, 1.54) is 24.8 Å². The number of benzene rings is 9. The van der Waals surface area contributed by atoms with E-state index in [2.05, 4.69) is 36.2 Å². The maximum Gasteiger partial charge on any atom is 0.408 e. The molecule has 0 spiro atoms. The number of hydrogen-bond donors (Lipinski definition) is 10. The van der Waals surface area contributed by atoms with Crippen LogP contribution in [-0.2, 0) is 23.9 Å². The lowest BCUT2D eigenvalue weighted by Gasteiger charge is -2.24. The lowest BCUT2D eigenvalue weighted by molar-refractivity contribution is -0.138. The van der Waals surface area contributed by atoms with Gasteiger partial charge in [-0.25, -0.2) is 10.3 Å². The molecule has 3 atom stereocenters. The number of likely N-dealkylation sites (tertiary alicyclic amines) is 1. The quantitative estimate of drug-likeness (QED) is 0.0365. The Hall–Kier alpha value is -9.00. The molecule has 86 heavy (non-hydrogen) atoms. The first-order valence-corrected chi connectivity index (χ1v) is 27.2. The largest absolute Gasteiger partial charge is 0.507 e. The molecule has 0 unspecified atom stereocenters. The van der Waals surface area contributed by atoms with Crippen molar-refractivity contribution in [3.8, 4) is 34.5 Å². The molecule has 5 amide bonds. The Morgan fingerprint density at radius 1 is 0.581 bits per heavy atom. The number of hydrogen-bond acceptors (Lipinski definition) is 17. The maximum absolute atomic E-state index is 12.6. The molecule has 11 N–H and O–H groups in total. The zero-order valence-electron chi connectivity index (χ0n) is 46.4. The van der Waals surface area contributed by atoms with Crippen molar-refractivity contribution in [1.29, 1.82) is 5.53 Å². The van der Waals surface area contributed by atoms with Gasteiger partial charge in [-0.05, 0) is 83.9 Å². The normalized spacial score (nSPS) is 13.9. The molecule has 1 heterocycles. The van der Waals surface area contributed by atoms with Gasteiger partial charge in [0.15, 0.2) is 0 Å². The average Bonchev–Trinajstić information content (AvgIpc) is 1.19. The van der Waals surface area contributed by atoms with E-state index in [9.17, 15) is 54.6 Å². The van der Waals surface area contributed by atoms with Gasteiger partial charge in [0.05, 0.1) is 54.8 Å². The lowest BCUT2D eigenvalue weighted by Crippen LogP contribution is -2.50. The van der Waals surface area contributed by atoms with Crippen molar-refractivity contribution in [2.75, 3.05) is 13.1 Å². The summed E-state index contributed by atoms with van der Waals surface area (Å²) in [7, 11) is 0. The molecule has 22 nitrogen and oxygen atoms in total. The highest BCUT2D eigenvalue weighted by molar-refractivity contribution is 8.93. The molecule has 9 aromatic rings. The summed E-state index contributed by atoms with van der Waals surface area (Å²) >= 11 is 18.5. The Morgan fingerprint density at radius 3 is 1.29 bits per heavy atom. The topological polar surface area (TPSA) is 355 Å². The van der Waals surface area contributed by atoms with Crippen molar-refractivity contribution >= 4 is 163 Å². The summed E-state index contributed by atoms with van der Waals surface area (Å²) in [6.45, 7) is 8.28. The van der Waals surface area contributed by atoms with E-state index in [1.54, 1.807) is 124 Å². The Labute approximate surface area is 515 Å². The van der Waals surface area contributed by atoms with Crippen LogP contribution in [-0.4, -0.2) is 102 Å². The summed E-state index contributed by atoms with van der Waals surface area (Å²) in [6, 6.07) is 26.4. The highest BCUT2D eigenvalue weighted by Gasteiger charge is 2.35. The number of nitrogens with two attached hydrogens (primary N) is 1. The molecule has 0 radical (unpaired) electrons. The SMILES string of the molecule is Br.C[C@H](NC(=O)OC(C)(C)C)C(=O)N=Nc1cccc2c(O)c3c(Cl)cccc3c(O)c12.C[C@H](NC(=O)[C@@H]1CCCN1C(=O)CN)C(=O)N=Nc1cccc2c(O)c3c(Cl)cccc3c(O)c12.N=Nc1cccc2c(O)c3c(Cl)cccc3c(O)c12. The fourth-order valence-electron chi connectivity index (χ4n) is 9.67. The molecule has 446 valence electrons. The number of halogens is 4. The minimum Gasteiger partial charge on any atom is -0.507 e. The summed E-state index contributed by atoms with van der Waals surface area (Å²) in [4.78, 5) is 62.7. The average molecular weight is 1300 g/mol. The molecule has 1 aliphatic rings. The van der Waals surface area contributed by atoms with Crippen LogP contribution in [0.4, 0.5) is 21.9 Å². The van der Waals surface area contributed by atoms with Gasteiger partial charge in [-0.1, -0.05) is 108 Å². The first kappa shape index (κ1) is 64.6. The van der Waals surface area contributed by atoms with E-state index in [0.29, 0.717) is 84.0 Å². The fraction of sp³-hybridized carbons (Fsp3) is 0.217. The molecular formula is C60H56BrCl3N10O12. The van der Waals surface area contributed by atoms with Crippen LogP contribution in [0.15, 0.2) is 135 Å². The molecule has 0 aromatic heterocycles. The smallest absolute Gasteiger partial charge is 0.408 e. The number of fused-ring (bicyclic) bond motifs is 6. The Bertz CT molecular complexity index is 4280. The third-order valence-corrected chi connectivity index (χ3v) is 14.6. The van der Waals surface area contributed by atoms with Gasteiger partial charge in [-0.3, -0.25) is 19.2 Å². The minimum absolute atomic E-state index is 0. The highest BCUT2D eigenvalue weighted by atomic mass is 79.9. The van der Waals surface area contributed by atoms with Crippen LogP contribution in [0.1, 0.15) is 47.5 Å². The number of aromatic hydroxyl groups is 6. The number of rotatable bonds is 9. The zero-order chi connectivity index (χ0) is 61.8. The molecular weight excluding hydrogens is 1240 g/mol. The van der Waals surface area contributed by atoms with Crippen LogP contribution in [0.5, 0.6) is 34.5 Å². The van der Waals surface area contributed by atoms with Gasteiger partial charge >= 0.3 is 6.09 Å². The second-order valence-electron chi connectivity index (χ2n) is 20.4. The summed E-state index contributed by atoms with van der Waals surface area (Å²) in [6.07, 6.45) is 0.402. The molecule has 10 rings (SSSR count). The van der Waals surface area contributed by atoms with Gasteiger partial charge in [0.25, 0.3) is 11.8 Å². The number of phenols is 6. The van der Waals surface area contributed by atoms with E-state index in [-0.39, 0.29) is 96.1 Å². The van der Waals surface area contributed by atoms with Gasteiger partial charge in [0, 0.05) is 55.0 Å². The van der Waals surface area contributed by atoms with E-state index < -0.39 is 47.5 Å². The summed E-state index contributed by atoms with van der Waals surface area (Å²) in [5.41, 5.74) is 12.5. The summed E-state index contributed by atoms with van der Waals surface area (Å²) in [5.74, 6) is -2.82. The van der Waals surface area contributed by atoms with Crippen LogP contribution >= 0.6 is 51.8 Å². The first-order chi connectivity index (χ1) is 40.4. The van der Waals surface area contributed by atoms with Crippen molar-refractivity contribution in [3.63, 3.8) is 0 Å². The van der Waals surface area contributed by atoms with Gasteiger partial charge in [-0.15, -0.1) is 37.4 Å². The fourth-order valence-corrected chi connectivity index (χ4v) is 10.5. The number of ether oxygens (including phenoxy) is 1. The number of phenolic OH excluding ortho intramolecular Hbond substituents is 6. The maximum atomic E-state index is 12.6. The number of nitrogens with zero attached hydrogens (tertiary/aromatic N) is 6. The van der Waals surface area contributed by atoms with Crippen LogP contribution in [0.3, 0.4) is 0 Å². The number of nitrogens with one attached hydrogen (secondary N) is 3. The van der Waals surface area contributed by atoms with Gasteiger partial charge in [0.1, 0.15) is 58.2 Å². The van der Waals surface area contributed by atoms with E-state index >= 15 is 0 Å². The molecule has 1 fully saturated rings. The molecule has 26 heteroatoms. The molecule has 1 aliphatic heterocycles. The predicted molar refractivity (Wildman–Crippen MR) is 334 cm³/mol. The molecule has 0 bridgehead atoms. The Morgan fingerprint density at radius 2 is 0.919 bits per heavy atom. The Kier molecular flexibility index (Phi) is 20.2. The Balaban J connectivity index is 0.000000191. The number of alkyl carbamates (subject to hydrolysis) is 1. The molecule has 9 aromatic carbocycles. The number of carbonyl (C=O) groups is 5. The van der Waals surface area contributed by atoms with Crippen molar-refractivity contribution in [1.82, 2.24) is 15.5 Å². The second-order valence-corrected chi connectivity index (χ2v) is 21.6. The van der Waals surface area contributed by atoms with Crippen LogP contribution in [0, 0.1) is 5.53 Å². The summed E-state index contributed by atoms with van der Waals surface area (Å²) < 4.78 is 5.11.